The lowest BCUT2D eigenvalue weighted by Crippen LogP contribution is -2.44. The molecule has 0 saturated heterocycles. The van der Waals surface area contributed by atoms with Gasteiger partial charge in [-0.1, -0.05) is 0 Å². The minimum absolute atomic E-state index is 0.265. The molecule has 0 saturated carbocycles. The molecule has 7 nitrogen and oxygen atoms in total. The molecule has 1 aromatic heterocycles. The average Bonchev–Trinajstić information content (AvgIpc) is 2.51. The van der Waals surface area contributed by atoms with Crippen LogP contribution >= 0.6 is 11.8 Å². The van der Waals surface area contributed by atoms with E-state index in [1.165, 1.54) is 23.9 Å². The zero-order chi connectivity index (χ0) is 17.7. The Hall–Kier alpha value is -2.48. The Morgan fingerprint density at radius 1 is 1.38 bits per heavy atom. The molecule has 128 valence electrons. The van der Waals surface area contributed by atoms with Crippen molar-refractivity contribution in [3.05, 3.63) is 40.2 Å². The van der Waals surface area contributed by atoms with E-state index in [1.807, 2.05) is 0 Å². The Morgan fingerprint density at radius 3 is 2.79 bits per heavy atom. The molecule has 0 aliphatic carbocycles. The third-order valence-corrected chi connectivity index (χ3v) is 3.93. The topological polar surface area (TPSA) is 106 Å². The van der Waals surface area contributed by atoms with Crippen molar-refractivity contribution in [1.82, 2.24) is 5.32 Å². The number of benzene rings is 1. The van der Waals surface area contributed by atoms with E-state index in [0.717, 1.165) is 10.9 Å². The van der Waals surface area contributed by atoms with Gasteiger partial charge in [0.25, 0.3) is 5.91 Å². The molecule has 0 radical (unpaired) electrons. The minimum atomic E-state index is -1.10. The normalized spacial score (nSPS) is 11.9. The van der Waals surface area contributed by atoms with Gasteiger partial charge in [-0.05, 0) is 30.9 Å². The van der Waals surface area contributed by atoms with Gasteiger partial charge in [0.2, 0.25) is 0 Å². The molecule has 0 spiro atoms. The molecular formula is C16H17NO6S. The summed E-state index contributed by atoms with van der Waals surface area (Å²) in [4.78, 5) is 34.2. The van der Waals surface area contributed by atoms with Crippen molar-refractivity contribution in [2.45, 2.75) is 13.0 Å². The van der Waals surface area contributed by atoms with Crippen LogP contribution in [0, 0.1) is 6.92 Å². The quantitative estimate of drug-likeness (QED) is 0.727. The summed E-state index contributed by atoms with van der Waals surface area (Å²) in [5.74, 6) is -1.02. The Morgan fingerprint density at radius 2 is 2.12 bits per heavy atom. The highest BCUT2D eigenvalue weighted by Gasteiger charge is 2.19. The molecule has 1 atom stereocenters. The van der Waals surface area contributed by atoms with Gasteiger partial charge in [0.15, 0.2) is 6.61 Å². The molecule has 2 N–H and O–H groups in total. The third-order valence-electron chi connectivity index (χ3n) is 3.26. The number of hydrogen-bond donors (Lipinski definition) is 2. The van der Waals surface area contributed by atoms with Crippen LogP contribution in [0.1, 0.15) is 5.56 Å². The lowest BCUT2D eigenvalue weighted by Gasteiger charge is -2.13. The zero-order valence-electron chi connectivity index (χ0n) is 13.2. The number of thioether (sulfide) groups is 1. The van der Waals surface area contributed by atoms with E-state index in [9.17, 15) is 14.4 Å². The van der Waals surface area contributed by atoms with Crippen LogP contribution in [0.15, 0.2) is 33.5 Å². The van der Waals surface area contributed by atoms with Crippen LogP contribution < -0.4 is 15.7 Å². The van der Waals surface area contributed by atoms with Crippen molar-refractivity contribution < 1.29 is 23.8 Å². The number of hydrogen-bond acceptors (Lipinski definition) is 6. The first kappa shape index (κ1) is 17.9. The molecule has 0 bridgehead atoms. The van der Waals surface area contributed by atoms with E-state index in [2.05, 4.69) is 5.32 Å². The summed E-state index contributed by atoms with van der Waals surface area (Å²) in [5, 5.41) is 12.2. The molecule has 8 heteroatoms. The van der Waals surface area contributed by atoms with Gasteiger partial charge in [0.1, 0.15) is 17.4 Å². The fraction of sp³-hybridized carbons (Fsp3) is 0.312. The lowest BCUT2D eigenvalue weighted by molar-refractivity contribution is -0.141. The molecule has 1 aromatic carbocycles. The van der Waals surface area contributed by atoms with E-state index in [-0.39, 0.29) is 12.4 Å². The Kier molecular flexibility index (Phi) is 5.86. The Balaban J connectivity index is 2.03. The van der Waals surface area contributed by atoms with E-state index < -0.39 is 23.5 Å². The van der Waals surface area contributed by atoms with E-state index >= 15 is 0 Å². The van der Waals surface area contributed by atoms with E-state index in [0.29, 0.717) is 11.3 Å². The Bertz CT molecular complexity index is 816. The fourth-order valence-corrected chi connectivity index (χ4v) is 2.68. The number of carboxylic acid groups (broad SMARTS) is 1. The molecule has 2 rings (SSSR count). The maximum atomic E-state index is 11.8. The van der Waals surface area contributed by atoms with Crippen molar-refractivity contribution in [2.24, 2.45) is 0 Å². The number of ether oxygens (including phenoxy) is 1. The minimum Gasteiger partial charge on any atom is -0.484 e. The third kappa shape index (κ3) is 4.51. The predicted octanol–water partition coefficient (Wildman–Crippen LogP) is 1.41. The maximum absolute atomic E-state index is 11.8. The number of rotatable bonds is 7. The predicted molar refractivity (Wildman–Crippen MR) is 90.7 cm³/mol. The monoisotopic (exact) mass is 351 g/mol. The molecule has 2 aromatic rings. The van der Waals surface area contributed by atoms with Gasteiger partial charge in [-0.2, -0.15) is 11.8 Å². The second-order valence-electron chi connectivity index (χ2n) is 5.11. The molecule has 24 heavy (non-hydrogen) atoms. The first-order valence-corrected chi connectivity index (χ1v) is 8.48. The summed E-state index contributed by atoms with van der Waals surface area (Å²) >= 11 is 1.32. The van der Waals surface area contributed by atoms with Crippen molar-refractivity contribution >= 4 is 34.6 Å². The highest BCUT2D eigenvalue weighted by molar-refractivity contribution is 7.98. The highest BCUT2D eigenvalue weighted by Crippen LogP contribution is 2.22. The standard InChI is InChI=1S/C16H17NO6S/c1-9-5-15(19)23-13-6-10(3-4-11(9)13)22-7-14(18)17-12(8-24-2)16(20)21/h3-6,12H,7-8H2,1-2H3,(H,17,18)(H,20,21)/t12-/m0/s1. The van der Waals surface area contributed by atoms with Crippen LogP contribution in [0.3, 0.4) is 0 Å². The molecular weight excluding hydrogens is 334 g/mol. The summed E-state index contributed by atoms with van der Waals surface area (Å²) in [6, 6.07) is 5.34. The summed E-state index contributed by atoms with van der Waals surface area (Å²) in [6.45, 7) is 1.46. The van der Waals surface area contributed by atoms with Gasteiger partial charge in [0.05, 0.1) is 0 Å². The van der Waals surface area contributed by atoms with Crippen LogP contribution in [0.4, 0.5) is 0 Å². The van der Waals surface area contributed by atoms with E-state index in [1.54, 1.807) is 25.3 Å². The molecule has 1 amide bonds. The maximum Gasteiger partial charge on any atom is 0.336 e. The van der Waals surface area contributed by atoms with Crippen LogP contribution in [0.2, 0.25) is 0 Å². The number of amides is 1. The molecule has 1 heterocycles. The first-order chi connectivity index (χ1) is 11.4. The molecule has 0 aliphatic heterocycles. The van der Waals surface area contributed by atoms with Crippen LogP contribution in [0.25, 0.3) is 11.0 Å². The number of aliphatic carboxylic acids is 1. The smallest absolute Gasteiger partial charge is 0.336 e. The number of carbonyl (C=O) groups is 2. The van der Waals surface area contributed by atoms with Crippen LogP contribution in [-0.4, -0.2) is 41.6 Å². The number of carbonyl (C=O) groups excluding carboxylic acids is 1. The summed E-state index contributed by atoms with van der Waals surface area (Å²) < 4.78 is 10.4. The van der Waals surface area contributed by atoms with Crippen molar-refractivity contribution in [3.8, 4) is 5.75 Å². The summed E-state index contributed by atoms with van der Waals surface area (Å²) in [7, 11) is 0. The summed E-state index contributed by atoms with van der Waals surface area (Å²) in [5.41, 5.74) is 0.687. The van der Waals surface area contributed by atoms with Gasteiger partial charge in [-0.25, -0.2) is 9.59 Å². The second kappa shape index (κ2) is 7.87. The molecule has 0 fully saturated rings. The SMILES string of the molecule is CSC[C@H](NC(=O)COc1ccc2c(C)cc(=O)oc2c1)C(=O)O. The van der Waals surface area contributed by atoms with Crippen molar-refractivity contribution in [2.75, 3.05) is 18.6 Å². The molecule has 0 unspecified atom stereocenters. The second-order valence-corrected chi connectivity index (χ2v) is 6.02. The largest absolute Gasteiger partial charge is 0.484 e. The first-order valence-electron chi connectivity index (χ1n) is 7.09. The van der Waals surface area contributed by atoms with Gasteiger partial charge >= 0.3 is 11.6 Å². The van der Waals surface area contributed by atoms with Crippen molar-refractivity contribution in [1.29, 1.82) is 0 Å². The number of nitrogens with one attached hydrogen (secondary N) is 1. The van der Waals surface area contributed by atoms with Crippen molar-refractivity contribution in [3.63, 3.8) is 0 Å². The fourth-order valence-electron chi connectivity index (χ4n) is 2.12. The average molecular weight is 351 g/mol. The zero-order valence-corrected chi connectivity index (χ0v) is 14.0. The van der Waals surface area contributed by atoms with Gasteiger partial charge in [-0.15, -0.1) is 0 Å². The lowest BCUT2D eigenvalue weighted by atomic mass is 10.1. The number of aryl methyl sites for hydroxylation is 1. The molecule has 0 aliphatic rings. The highest BCUT2D eigenvalue weighted by atomic mass is 32.2. The van der Waals surface area contributed by atoms with E-state index in [4.69, 9.17) is 14.3 Å². The van der Waals surface area contributed by atoms with Gasteiger partial charge in [0, 0.05) is 23.3 Å². The van der Waals surface area contributed by atoms with Gasteiger partial charge in [-0.3, -0.25) is 4.79 Å². The van der Waals surface area contributed by atoms with Crippen LogP contribution in [-0.2, 0) is 9.59 Å². The Labute approximate surface area is 142 Å². The summed E-state index contributed by atoms with van der Waals surface area (Å²) in [6.07, 6.45) is 1.75. The van der Waals surface area contributed by atoms with Crippen LogP contribution in [0.5, 0.6) is 5.75 Å². The number of fused-ring (bicyclic) bond motifs is 1. The van der Waals surface area contributed by atoms with Gasteiger partial charge < -0.3 is 19.6 Å². The number of carboxylic acids is 1.